The van der Waals surface area contributed by atoms with Gasteiger partial charge in [-0.15, -0.1) is 0 Å². The molecule has 0 aliphatic carbocycles. The molecule has 0 amide bonds. The number of hydrogen-bond donors (Lipinski definition) is 0. The van der Waals surface area contributed by atoms with Crippen molar-refractivity contribution < 1.29 is 17.9 Å². The molecule has 6 heteroatoms. The van der Waals surface area contributed by atoms with Crippen LogP contribution in [-0.4, -0.2) is 16.5 Å². The molecule has 0 aliphatic rings. The number of aryl methyl sites for hydroxylation is 1. The molecule has 114 valence electrons. The van der Waals surface area contributed by atoms with Gasteiger partial charge in [-0.1, -0.05) is 11.6 Å². The van der Waals surface area contributed by atoms with Crippen LogP contribution in [-0.2, 0) is 6.18 Å². The molecular weight excluding hydrogens is 293 g/mol. The van der Waals surface area contributed by atoms with Gasteiger partial charge in [-0.05, 0) is 31.2 Å². The highest BCUT2D eigenvalue weighted by Crippen LogP contribution is 2.32. The zero-order chi connectivity index (χ0) is 15.9. The molecule has 0 aliphatic heterocycles. The van der Waals surface area contributed by atoms with Crippen LogP contribution in [0.15, 0.2) is 42.7 Å². The van der Waals surface area contributed by atoms with Crippen LogP contribution in [0.25, 0.3) is 16.9 Å². The number of hydrogen-bond acceptors (Lipinski definition) is 2. The summed E-state index contributed by atoms with van der Waals surface area (Å²) in [4.78, 5) is 4.37. The number of halogens is 3. The third-order valence-corrected chi connectivity index (χ3v) is 3.41. The lowest BCUT2D eigenvalue weighted by atomic mass is 10.1. The van der Waals surface area contributed by atoms with Gasteiger partial charge in [0.1, 0.15) is 11.4 Å². The highest BCUT2D eigenvalue weighted by atomic mass is 19.4. The number of pyridine rings is 1. The van der Waals surface area contributed by atoms with Gasteiger partial charge in [0.05, 0.1) is 18.4 Å². The van der Waals surface area contributed by atoms with E-state index in [1.807, 2.05) is 25.1 Å². The third-order valence-electron chi connectivity index (χ3n) is 3.41. The number of fused-ring (bicyclic) bond motifs is 1. The van der Waals surface area contributed by atoms with E-state index in [9.17, 15) is 13.2 Å². The number of ether oxygens (including phenoxy) is 1. The Bertz CT molecular complexity index is 837. The van der Waals surface area contributed by atoms with Crippen LogP contribution >= 0.6 is 0 Å². The molecular formula is C16H13F3N2O. The maximum Gasteiger partial charge on any atom is 0.417 e. The largest absolute Gasteiger partial charge is 0.496 e. The number of alkyl halides is 3. The number of methoxy groups -OCH3 is 1. The smallest absolute Gasteiger partial charge is 0.417 e. The van der Waals surface area contributed by atoms with Gasteiger partial charge in [0.15, 0.2) is 0 Å². The van der Waals surface area contributed by atoms with Gasteiger partial charge in [0.2, 0.25) is 0 Å². The van der Waals surface area contributed by atoms with Crippen molar-refractivity contribution in [2.75, 3.05) is 7.11 Å². The third kappa shape index (κ3) is 2.52. The molecule has 0 atom stereocenters. The summed E-state index contributed by atoms with van der Waals surface area (Å²) in [5.41, 5.74) is 2.08. The average molecular weight is 306 g/mol. The summed E-state index contributed by atoms with van der Waals surface area (Å²) >= 11 is 0. The number of imidazole rings is 1. The van der Waals surface area contributed by atoms with E-state index in [0.29, 0.717) is 17.1 Å². The normalized spacial score (nSPS) is 11.9. The van der Waals surface area contributed by atoms with Crippen LogP contribution in [0.5, 0.6) is 5.75 Å². The monoisotopic (exact) mass is 306 g/mol. The summed E-state index contributed by atoms with van der Waals surface area (Å²) in [7, 11) is 1.55. The first kappa shape index (κ1) is 14.4. The number of nitrogens with zero attached hydrogens (tertiary/aromatic N) is 2. The predicted molar refractivity (Wildman–Crippen MR) is 76.9 cm³/mol. The van der Waals surface area contributed by atoms with Crippen molar-refractivity contribution >= 4 is 5.65 Å². The van der Waals surface area contributed by atoms with Crippen LogP contribution < -0.4 is 4.74 Å². The molecule has 3 nitrogen and oxygen atoms in total. The number of benzene rings is 1. The Balaban J connectivity index is 2.15. The second kappa shape index (κ2) is 5.05. The fraction of sp³-hybridized carbons (Fsp3) is 0.188. The van der Waals surface area contributed by atoms with Gasteiger partial charge >= 0.3 is 6.18 Å². The van der Waals surface area contributed by atoms with Gasteiger partial charge in [-0.2, -0.15) is 13.2 Å². The minimum Gasteiger partial charge on any atom is -0.496 e. The van der Waals surface area contributed by atoms with Crippen molar-refractivity contribution in [3.63, 3.8) is 0 Å². The first-order valence-electron chi connectivity index (χ1n) is 6.59. The molecule has 0 bridgehead atoms. The maximum atomic E-state index is 12.8. The Hall–Kier alpha value is -2.50. The van der Waals surface area contributed by atoms with Gasteiger partial charge < -0.3 is 9.14 Å². The lowest BCUT2D eigenvalue weighted by Gasteiger charge is -2.06. The zero-order valence-electron chi connectivity index (χ0n) is 12.0. The van der Waals surface area contributed by atoms with Gasteiger partial charge in [-0.3, -0.25) is 0 Å². The van der Waals surface area contributed by atoms with Gasteiger partial charge in [-0.25, -0.2) is 4.98 Å². The lowest BCUT2D eigenvalue weighted by molar-refractivity contribution is -0.137. The van der Waals surface area contributed by atoms with Crippen molar-refractivity contribution in [3.05, 3.63) is 53.9 Å². The van der Waals surface area contributed by atoms with E-state index in [4.69, 9.17) is 4.74 Å². The molecule has 0 saturated heterocycles. The summed E-state index contributed by atoms with van der Waals surface area (Å²) in [5.74, 6) is 0.630. The fourth-order valence-corrected chi connectivity index (χ4v) is 2.31. The summed E-state index contributed by atoms with van der Waals surface area (Å²) in [6, 6.07) is 8.00. The molecule has 0 radical (unpaired) electrons. The molecule has 1 aromatic carbocycles. The Morgan fingerprint density at radius 2 is 1.86 bits per heavy atom. The molecule has 2 aromatic heterocycles. The van der Waals surface area contributed by atoms with Crippen molar-refractivity contribution in [2.24, 2.45) is 0 Å². The minimum absolute atomic E-state index is 0.451. The summed E-state index contributed by atoms with van der Waals surface area (Å²) in [6.07, 6.45) is -1.77. The Labute approximate surface area is 125 Å². The minimum atomic E-state index is -4.38. The van der Waals surface area contributed by atoms with Crippen LogP contribution in [0, 0.1) is 6.92 Å². The molecule has 0 N–H and O–H groups in total. The van der Waals surface area contributed by atoms with Crippen LogP contribution in [0.1, 0.15) is 11.1 Å². The van der Waals surface area contributed by atoms with Crippen molar-refractivity contribution in [1.29, 1.82) is 0 Å². The van der Waals surface area contributed by atoms with Gasteiger partial charge in [0.25, 0.3) is 0 Å². The van der Waals surface area contributed by atoms with Crippen molar-refractivity contribution in [2.45, 2.75) is 13.1 Å². The lowest BCUT2D eigenvalue weighted by Crippen LogP contribution is -2.05. The SMILES string of the molecule is COc1ccc(C)cc1-c1cn2cc(C(F)(F)F)ccc2n1. The Morgan fingerprint density at radius 3 is 2.55 bits per heavy atom. The molecule has 0 saturated carbocycles. The first-order valence-corrected chi connectivity index (χ1v) is 6.59. The van der Waals surface area contributed by atoms with E-state index in [1.165, 1.54) is 10.5 Å². The second-order valence-electron chi connectivity index (χ2n) is 5.01. The van der Waals surface area contributed by atoms with E-state index >= 15 is 0 Å². The van der Waals surface area contributed by atoms with Crippen molar-refractivity contribution in [3.8, 4) is 17.0 Å². The topological polar surface area (TPSA) is 26.5 Å². The molecule has 0 fully saturated rings. The quantitative estimate of drug-likeness (QED) is 0.704. The van der Waals surface area contributed by atoms with E-state index in [0.717, 1.165) is 23.4 Å². The number of rotatable bonds is 2. The maximum absolute atomic E-state index is 12.8. The van der Waals surface area contributed by atoms with E-state index in [2.05, 4.69) is 4.98 Å². The molecule has 3 aromatic rings. The number of aromatic nitrogens is 2. The molecule has 0 unspecified atom stereocenters. The van der Waals surface area contributed by atoms with Crippen LogP contribution in [0.3, 0.4) is 0 Å². The molecule has 22 heavy (non-hydrogen) atoms. The summed E-state index contributed by atoms with van der Waals surface area (Å²) < 4.78 is 45.0. The highest BCUT2D eigenvalue weighted by Gasteiger charge is 2.30. The second-order valence-corrected chi connectivity index (χ2v) is 5.01. The standard InChI is InChI=1S/C16H13F3N2O/c1-10-3-5-14(22-2)12(7-10)13-9-21-8-11(16(17,18)19)4-6-15(21)20-13/h3-9H,1-2H3. The van der Waals surface area contributed by atoms with Crippen LogP contribution in [0.4, 0.5) is 13.2 Å². The summed E-state index contributed by atoms with van der Waals surface area (Å²) in [6.45, 7) is 1.93. The highest BCUT2D eigenvalue weighted by molar-refractivity contribution is 5.70. The van der Waals surface area contributed by atoms with E-state index in [-0.39, 0.29) is 0 Å². The fourth-order valence-electron chi connectivity index (χ4n) is 2.31. The Kier molecular flexibility index (Phi) is 3.31. The first-order chi connectivity index (χ1) is 10.4. The zero-order valence-corrected chi connectivity index (χ0v) is 12.0. The molecule has 0 spiro atoms. The predicted octanol–water partition coefficient (Wildman–Crippen LogP) is 4.34. The van der Waals surface area contributed by atoms with E-state index in [1.54, 1.807) is 13.3 Å². The summed E-state index contributed by atoms with van der Waals surface area (Å²) in [5, 5.41) is 0. The van der Waals surface area contributed by atoms with Crippen molar-refractivity contribution in [1.82, 2.24) is 9.38 Å². The molecule has 3 rings (SSSR count). The Morgan fingerprint density at radius 1 is 1.09 bits per heavy atom. The van der Waals surface area contributed by atoms with Gasteiger partial charge in [0, 0.05) is 18.0 Å². The van der Waals surface area contributed by atoms with E-state index < -0.39 is 11.7 Å². The molecule has 2 heterocycles. The van der Waals surface area contributed by atoms with Crippen LogP contribution in [0.2, 0.25) is 0 Å². The average Bonchev–Trinajstić information content (AvgIpc) is 2.89.